The third kappa shape index (κ3) is 3.69. The molecule has 0 aromatic carbocycles. The summed E-state index contributed by atoms with van der Waals surface area (Å²) in [5.41, 5.74) is 0. The molecule has 1 aliphatic heterocycles. The molecular weight excluding hydrogens is 252 g/mol. The monoisotopic (exact) mass is 270 g/mol. The Hall–Kier alpha value is -0.180. The molecule has 0 amide bonds. The Labute approximate surface area is 97.0 Å². The molecule has 0 aliphatic carbocycles. The van der Waals surface area contributed by atoms with E-state index in [9.17, 15) is 16.8 Å². The summed E-state index contributed by atoms with van der Waals surface area (Å²) in [6, 6.07) is -0.0910. The number of rotatable bonds is 6. The van der Waals surface area contributed by atoms with Crippen LogP contribution in [0.3, 0.4) is 0 Å². The lowest BCUT2D eigenvalue weighted by Gasteiger charge is -2.36. The van der Waals surface area contributed by atoms with Crippen LogP contribution >= 0.6 is 0 Å². The Morgan fingerprint density at radius 1 is 1.25 bits per heavy atom. The van der Waals surface area contributed by atoms with Gasteiger partial charge in [-0.25, -0.2) is 16.8 Å². The van der Waals surface area contributed by atoms with Gasteiger partial charge in [0.05, 0.1) is 0 Å². The summed E-state index contributed by atoms with van der Waals surface area (Å²) in [5.74, 6) is 0. The summed E-state index contributed by atoms with van der Waals surface area (Å²) in [5, 5.41) is 2.18. The van der Waals surface area contributed by atoms with E-state index < -0.39 is 24.9 Å². The van der Waals surface area contributed by atoms with E-state index in [-0.39, 0.29) is 6.04 Å². The standard InChI is InChI=1S/C8H18N2O4S2/c1-3-4-10(8-5-9-6-8)16(13,14)7-15(2,11)12/h8-9H,3-7H2,1-2H3. The van der Waals surface area contributed by atoms with Gasteiger partial charge in [0.25, 0.3) is 0 Å². The van der Waals surface area contributed by atoms with Crippen molar-refractivity contribution in [2.75, 3.05) is 31.0 Å². The van der Waals surface area contributed by atoms with Crippen LogP contribution in [0.1, 0.15) is 13.3 Å². The van der Waals surface area contributed by atoms with Crippen LogP contribution in [0.2, 0.25) is 0 Å². The van der Waals surface area contributed by atoms with Gasteiger partial charge in [-0.3, -0.25) is 0 Å². The van der Waals surface area contributed by atoms with Crippen molar-refractivity contribution in [1.82, 2.24) is 9.62 Å². The summed E-state index contributed by atoms with van der Waals surface area (Å²) >= 11 is 0. The lowest BCUT2D eigenvalue weighted by molar-refractivity contribution is 0.243. The minimum absolute atomic E-state index is 0.0910. The number of sulfone groups is 1. The first-order valence-corrected chi connectivity index (χ1v) is 8.81. The number of hydrogen-bond donors (Lipinski definition) is 1. The molecule has 0 bridgehead atoms. The first kappa shape index (κ1) is 13.9. The fourth-order valence-electron chi connectivity index (χ4n) is 1.58. The highest BCUT2D eigenvalue weighted by Crippen LogP contribution is 2.13. The molecule has 8 heteroatoms. The zero-order valence-corrected chi connectivity index (χ0v) is 11.1. The van der Waals surface area contributed by atoms with Gasteiger partial charge in [-0.05, 0) is 6.42 Å². The van der Waals surface area contributed by atoms with Gasteiger partial charge in [0.15, 0.2) is 14.9 Å². The van der Waals surface area contributed by atoms with E-state index in [0.29, 0.717) is 26.1 Å². The van der Waals surface area contributed by atoms with E-state index in [2.05, 4.69) is 5.32 Å². The molecule has 16 heavy (non-hydrogen) atoms. The Morgan fingerprint density at radius 2 is 1.81 bits per heavy atom. The molecule has 0 spiro atoms. The highest BCUT2D eigenvalue weighted by atomic mass is 32.3. The van der Waals surface area contributed by atoms with Crippen LogP contribution in [0.4, 0.5) is 0 Å². The molecule has 1 saturated heterocycles. The molecule has 1 rings (SSSR count). The molecule has 0 unspecified atom stereocenters. The molecule has 0 aromatic rings. The van der Waals surface area contributed by atoms with Crippen LogP contribution in [0.5, 0.6) is 0 Å². The van der Waals surface area contributed by atoms with E-state index in [1.165, 1.54) is 4.31 Å². The van der Waals surface area contributed by atoms with E-state index in [4.69, 9.17) is 0 Å². The summed E-state index contributed by atoms with van der Waals surface area (Å²) in [7, 11) is -7.21. The normalized spacial score (nSPS) is 18.7. The van der Waals surface area contributed by atoms with Crippen molar-refractivity contribution >= 4 is 19.9 Å². The minimum atomic E-state index is -3.70. The molecule has 1 fully saturated rings. The third-order valence-corrected chi connectivity index (χ3v) is 6.43. The minimum Gasteiger partial charge on any atom is -0.313 e. The maximum absolute atomic E-state index is 11.9. The van der Waals surface area contributed by atoms with Gasteiger partial charge in [-0.15, -0.1) is 0 Å². The van der Waals surface area contributed by atoms with Gasteiger partial charge in [0.1, 0.15) is 0 Å². The van der Waals surface area contributed by atoms with Crippen LogP contribution in [0.15, 0.2) is 0 Å². The first-order valence-electron chi connectivity index (χ1n) is 5.14. The average Bonchev–Trinajstić information content (AvgIpc) is 1.95. The third-order valence-electron chi connectivity index (χ3n) is 2.33. The Balaban J connectivity index is 2.83. The SMILES string of the molecule is CCCN(C1CNC1)S(=O)(=O)CS(C)(=O)=O. The fourth-order valence-corrected chi connectivity index (χ4v) is 5.35. The Bertz CT molecular complexity index is 425. The molecule has 6 nitrogen and oxygen atoms in total. The Kier molecular flexibility index (Phi) is 4.33. The van der Waals surface area contributed by atoms with Crippen LogP contribution in [-0.4, -0.2) is 58.2 Å². The van der Waals surface area contributed by atoms with Gasteiger partial charge in [-0.2, -0.15) is 4.31 Å². The van der Waals surface area contributed by atoms with E-state index >= 15 is 0 Å². The average molecular weight is 270 g/mol. The van der Waals surface area contributed by atoms with Gasteiger partial charge in [0, 0.05) is 31.9 Å². The van der Waals surface area contributed by atoms with Gasteiger partial charge in [0.2, 0.25) is 10.0 Å². The molecular formula is C8H18N2O4S2. The number of nitrogens with one attached hydrogen (secondary N) is 1. The van der Waals surface area contributed by atoms with Crippen LogP contribution < -0.4 is 5.32 Å². The van der Waals surface area contributed by atoms with Gasteiger partial charge >= 0.3 is 0 Å². The van der Waals surface area contributed by atoms with Crippen molar-refractivity contribution in [2.24, 2.45) is 0 Å². The van der Waals surface area contributed by atoms with E-state index in [0.717, 1.165) is 6.26 Å². The zero-order valence-electron chi connectivity index (χ0n) is 9.51. The number of sulfonamides is 1. The second kappa shape index (κ2) is 4.99. The van der Waals surface area contributed by atoms with Crippen molar-refractivity contribution < 1.29 is 16.8 Å². The zero-order chi connectivity index (χ0) is 12.4. The van der Waals surface area contributed by atoms with E-state index in [1.54, 1.807) is 0 Å². The van der Waals surface area contributed by atoms with Crippen molar-refractivity contribution in [3.63, 3.8) is 0 Å². The van der Waals surface area contributed by atoms with Gasteiger partial charge < -0.3 is 5.32 Å². The maximum atomic E-state index is 11.9. The van der Waals surface area contributed by atoms with Crippen LogP contribution in [0, 0.1) is 0 Å². The highest BCUT2D eigenvalue weighted by molar-refractivity contribution is 8.06. The quantitative estimate of drug-likeness (QED) is 0.669. The summed E-state index contributed by atoms with van der Waals surface area (Å²) in [6.07, 6.45) is 1.62. The molecule has 0 aromatic heterocycles. The molecule has 0 radical (unpaired) electrons. The largest absolute Gasteiger partial charge is 0.313 e. The van der Waals surface area contributed by atoms with Crippen LogP contribution in [-0.2, 0) is 19.9 Å². The van der Waals surface area contributed by atoms with Crippen molar-refractivity contribution in [3.8, 4) is 0 Å². The maximum Gasteiger partial charge on any atom is 0.228 e. The lowest BCUT2D eigenvalue weighted by Crippen LogP contribution is -2.59. The Morgan fingerprint density at radius 3 is 2.12 bits per heavy atom. The predicted molar refractivity (Wildman–Crippen MR) is 62.3 cm³/mol. The molecule has 1 aliphatic rings. The highest BCUT2D eigenvalue weighted by Gasteiger charge is 2.34. The van der Waals surface area contributed by atoms with Crippen molar-refractivity contribution in [2.45, 2.75) is 19.4 Å². The predicted octanol–water partition coefficient (Wildman–Crippen LogP) is -0.998. The fraction of sp³-hybridized carbons (Fsp3) is 1.00. The number of nitrogens with zero attached hydrogens (tertiary/aromatic N) is 1. The lowest BCUT2D eigenvalue weighted by atomic mass is 10.2. The van der Waals surface area contributed by atoms with Crippen molar-refractivity contribution in [3.05, 3.63) is 0 Å². The summed E-state index contributed by atoms with van der Waals surface area (Å²) < 4.78 is 47.2. The smallest absolute Gasteiger partial charge is 0.228 e. The summed E-state index contributed by atoms with van der Waals surface area (Å²) in [6.45, 7) is 3.45. The van der Waals surface area contributed by atoms with Gasteiger partial charge in [-0.1, -0.05) is 6.92 Å². The molecule has 0 atom stereocenters. The molecule has 96 valence electrons. The van der Waals surface area contributed by atoms with Crippen LogP contribution in [0.25, 0.3) is 0 Å². The second-order valence-electron chi connectivity index (χ2n) is 4.08. The number of hydrogen-bond acceptors (Lipinski definition) is 5. The van der Waals surface area contributed by atoms with Crippen molar-refractivity contribution in [1.29, 1.82) is 0 Å². The molecule has 1 heterocycles. The summed E-state index contributed by atoms with van der Waals surface area (Å²) in [4.78, 5) is 0. The second-order valence-corrected chi connectivity index (χ2v) is 8.51. The molecule has 0 saturated carbocycles. The molecule has 1 N–H and O–H groups in total. The topological polar surface area (TPSA) is 83.6 Å². The van der Waals surface area contributed by atoms with E-state index in [1.807, 2.05) is 6.92 Å². The first-order chi connectivity index (χ1) is 7.26.